The number of para-hydroxylation sites is 1. The lowest BCUT2D eigenvalue weighted by atomic mass is 10.2. The van der Waals surface area contributed by atoms with E-state index in [4.69, 9.17) is 0 Å². The van der Waals surface area contributed by atoms with Crippen molar-refractivity contribution in [1.29, 1.82) is 0 Å². The van der Waals surface area contributed by atoms with Crippen LogP contribution in [0, 0.1) is 5.82 Å². The predicted octanol–water partition coefficient (Wildman–Crippen LogP) is 1.88. The van der Waals surface area contributed by atoms with E-state index in [0.717, 1.165) is 25.2 Å². The van der Waals surface area contributed by atoms with Crippen LogP contribution in [-0.4, -0.2) is 51.4 Å². The zero-order valence-electron chi connectivity index (χ0n) is 15.4. The fourth-order valence-electron chi connectivity index (χ4n) is 3.47. The summed E-state index contributed by atoms with van der Waals surface area (Å²) in [4.78, 5) is 33.5. The Morgan fingerprint density at radius 3 is 2.46 bits per heavy atom. The fourth-order valence-corrected chi connectivity index (χ4v) is 3.47. The molecular formula is C21H21FN4O2. The molecular weight excluding hydrogens is 359 g/mol. The van der Waals surface area contributed by atoms with Gasteiger partial charge in [0.15, 0.2) is 0 Å². The van der Waals surface area contributed by atoms with E-state index in [9.17, 15) is 14.0 Å². The summed E-state index contributed by atoms with van der Waals surface area (Å²) in [6.07, 6.45) is 1.44. The van der Waals surface area contributed by atoms with Crippen molar-refractivity contribution in [2.45, 2.75) is 13.1 Å². The second-order valence-corrected chi connectivity index (χ2v) is 6.98. The Kier molecular flexibility index (Phi) is 5.16. The Bertz CT molecular complexity index is 1040. The van der Waals surface area contributed by atoms with Crippen molar-refractivity contribution in [2.75, 3.05) is 26.2 Å². The topological polar surface area (TPSA) is 58.4 Å². The first-order valence-corrected chi connectivity index (χ1v) is 9.29. The summed E-state index contributed by atoms with van der Waals surface area (Å²) in [6.45, 7) is 3.43. The number of rotatable bonds is 4. The van der Waals surface area contributed by atoms with E-state index >= 15 is 0 Å². The molecule has 1 fully saturated rings. The molecule has 144 valence electrons. The van der Waals surface area contributed by atoms with Crippen molar-refractivity contribution in [3.05, 3.63) is 76.6 Å². The van der Waals surface area contributed by atoms with E-state index in [1.807, 2.05) is 6.07 Å². The van der Waals surface area contributed by atoms with Crippen LogP contribution in [0.1, 0.15) is 5.56 Å². The van der Waals surface area contributed by atoms with Crippen LogP contribution in [0.5, 0.6) is 0 Å². The zero-order valence-corrected chi connectivity index (χ0v) is 15.4. The molecule has 0 saturated carbocycles. The molecule has 6 nitrogen and oxygen atoms in total. The van der Waals surface area contributed by atoms with E-state index in [1.54, 1.807) is 35.2 Å². The van der Waals surface area contributed by atoms with E-state index in [0.29, 0.717) is 24.0 Å². The molecule has 0 unspecified atom stereocenters. The number of piperazine rings is 1. The molecule has 0 atom stereocenters. The van der Waals surface area contributed by atoms with Gasteiger partial charge in [-0.25, -0.2) is 9.37 Å². The Labute approximate surface area is 161 Å². The van der Waals surface area contributed by atoms with Crippen molar-refractivity contribution in [2.24, 2.45) is 0 Å². The number of hydrogen-bond donors (Lipinski definition) is 0. The molecule has 1 amide bonds. The van der Waals surface area contributed by atoms with Gasteiger partial charge in [-0.1, -0.05) is 24.3 Å². The third kappa shape index (κ3) is 3.94. The Morgan fingerprint density at radius 2 is 1.71 bits per heavy atom. The SMILES string of the molecule is O=C(Cn1cnc2ccccc2c1=O)N1CCN(Cc2ccc(F)cc2)CC1. The Morgan fingerprint density at radius 1 is 1.00 bits per heavy atom. The molecule has 4 rings (SSSR count). The maximum atomic E-state index is 13.0. The second-order valence-electron chi connectivity index (χ2n) is 6.98. The van der Waals surface area contributed by atoms with Crippen LogP contribution in [0.25, 0.3) is 10.9 Å². The van der Waals surface area contributed by atoms with Gasteiger partial charge < -0.3 is 4.90 Å². The average molecular weight is 380 g/mol. The summed E-state index contributed by atoms with van der Waals surface area (Å²) in [5.74, 6) is -0.321. The Hall–Kier alpha value is -3.06. The van der Waals surface area contributed by atoms with Crippen molar-refractivity contribution >= 4 is 16.8 Å². The van der Waals surface area contributed by atoms with Gasteiger partial charge in [0.1, 0.15) is 12.4 Å². The minimum atomic E-state index is -0.238. The number of hydrogen-bond acceptors (Lipinski definition) is 4. The number of amides is 1. The Balaban J connectivity index is 1.36. The summed E-state index contributed by atoms with van der Waals surface area (Å²) in [5.41, 5.74) is 1.48. The molecule has 0 bridgehead atoms. The van der Waals surface area contributed by atoms with Crippen LogP contribution in [0.4, 0.5) is 4.39 Å². The molecule has 28 heavy (non-hydrogen) atoms. The first kappa shape index (κ1) is 18.3. The summed E-state index contributed by atoms with van der Waals surface area (Å²) < 4.78 is 14.4. The normalized spacial score (nSPS) is 15.1. The lowest BCUT2D eigenvalue weighted by Crippen LogP contribution is -2.49. The first-order valence-electron chi connectivity index (χ1n) is 9.29. The highest BCUT2D eigenvalue weighted by Crippen LogP contribution is 2.10. The van der Waals surface area contributed by atoms with Gasteiger partial charge in [-0.2, -0.15) is 0 Å². The zero-order chi connectivity index (χ0) is 19.5. The van der Waals surface area contributed by atoms with Crippen LogP contribution in [0.15, 0.2) is 59.7 Å². The lowest BCUT2D eigenvalue weighted by molar-refractivity contribution is -0.133. The molecule has 1 aromatic heterocycles. The molecule has 3 aromatic rings. The third-order valence-corrected chi connectivity index (χ3v) is 5.08. The average Bonchev–Trinajstić information content (AvgIpc) is 2.72. The standard InChI is InChI=1S/C21H21FN4O2/c22-17-7-5-16(6-8-17)13-24-9-11-25(12-10-24)20(27)14-26-15-23-19-4-2-1-3-18(19)21(26)28/h1-8,15H,9-14H2. The maximum Gasteiger partial charge on any atom is 0.261 e. The number of nitrogens with zero attached hydrogens (tertiary/aromatic N) is 4. The fraction of sp³-hybridized carbons (Fsp3) is 0.286. The van der Waals surface area contributed by atoms with Gasteiger partial charge in [-0.3, -0.25) is 19.1 Å². The molecule has 7 heteroatoms. The summed E-state index contributed by atoms with van der Waals surface area (Å²) in [6, 6.07) is 13.6. The molecule has 2 heterocycles. The number of halogens is 1. The van der Waals surface area contributed by atoms with Crippen LogP contribution in [0.2, 0.25) is 0 Å². The maximum absolute atomic E-state index is 13.0. The lowest BCUT2D eigenvalue weighted by Gasteiger charge is -2.34. The predicted molar refractivity (Wildman–Crippen MR) is 104 cm³/mol. The first-order chi connectivity index (χ1) is 13.6. The van der Waals surface area contributed by atoms with Crippen molar-refractivity contribution in [3.63, 3.8) is 0 Å². The molecule has 0 radical (unpaired) electrons. The molecule has 2 aromatic carbocycles. The van der Waals surface area contributed by atoms with Crippen molar-refractivity contribution in [3.8, 4) is 0 Å². The number of carbonyl (C=O) groups excluding carboxylic acids is 1. The summed E-state index contributed by atoms with van der Waals surface area (Å²) in [7, 11) is 0. The highest BCUT2D eigenvalue weighted by molar-refractivity contribution is 5.79. The highest BCUT2D eigenvalue weighted by atomic mass is 19.1. The molecule has 1 aliphatic heterocycles. The van der Waals surface area contributed by atoms with E-state index in [2.05, 4.69) is 9.88 Å². The van der Waals surface area contributed by atoms with Gasteiger partial charge in [-0.15, -0.1) is 0 Å². The minimum Gasteiger partial charge on any atom is -0.339 e. The van der Waals surface area contributed by atoms with Gasteiger partial charge in [-0.05, 0) is 29.8 Å². The second kappa shape index (κ2) is 7.90. The summed E-state index contributed by atoms with van der Waals surface area (Å²) >= 11 is 0. The quantitative estimate of drug-likeness (QED) is 0.694. The molecule has 0 spiro atoms. The van der Waals surface area contributed by atoms with Crippen molar-refractivity contribution < 1.29 is 9.18 Å². The number of fused-ring (bicyclic) bond motifs is 1. The van der Waals surface area contributed by atoms with Crippen LogP contribution < -0.4 is 5.56 Å². The van der Waals surface area contributed by atoms with Gasteiger partial charge in [0.2, 0.25) is 5.91 Å². The highest BCUT2D eigenvalue weighted by Gasteiger charge is 2.21. The van der Waals surface area contributed by atoms with Crippen LogP contribution >= 0.6 is 0 Å². The third-order valence-electron chi connectivity index (χ3n) is 5.08. The van der Waals surface area contributed by atoms with E-state index < -0.39 is 0 Å². The number of carbonyl (C=O) groups is 1. The number of aromatic nitrogens is 2. The van der Waals surface area contributed by atoms with Gasteiger partial charge >= 0.3 is 0 Å². The number of benzene rings is 2. The molecule has 1 saturated heterocycles. The molecule has 1 aliphatic rings. The monoisotopic (exact) mass is 380 g/mol. The van der Waals surface area contributed by atoms with Gasteiger partial charge in [0.25, 0.3) is 5.56 Å². The summed E-state index contributed by atoms with van der Waals surface area (Å²) in [5, 5.41) is 0.516. The van der Waals surface area contributed by atoms with E-state index in [1.165, 1.54) is 23.0 Å². The minimum absolute atomic E-state index is 0.00533. The van der Waals surface area contributed by atoms with Gasteiger partial charge in [0.05, 0.1) is 17.2 Å². The largest absolute Gasteiger partial charge is 0.339 e. The van der Waals surface area contributed by atoms with E-state index in [-0.39, 0.29) is 23.8 Å². The van der Waals surface area contributed by atoms with Crippen molar-refractivity contribution in [1.82, 2.24) is 19.4 Å². The van der Waals surface area contributed by atoms with Crippen LogP contribution in [0.3, 0.4) is 0 Å². The smallest absolute Gasteiger partial charge is 0.261 e. The molecule has 0 aliphatic carbocycles. The molecule has 0 N–H and O–H groups in total. The van der Waals surface area contributed by atoms with Crippen LogP contribution in [-0.2, 0) is 17.9 Å². The van der Waals surface area contributed by atoms with Gasteiger partial charge in [0, 0.05) is 32.7 Å².